The largest absolute Gasteiger partial charge is 0.378 e. The smallest absolute Gasteiger partial charge is 0.264 e. The van der Waals surface area contributed by atoms with Crippen molar-refractivity contribution in [2.24, 2.45) is 5.92 Å². The quantitative estimate of drug-likeness (QED) is 0.531. The Morgan fingerprint density at radius 2 is 1.66 bits per heavy atom. The zero-order chi connectivity index (χ0) is 22.1. The molecule has 0 radical (unpaired) electrons. The molecule has 0 aromatic heterocycles. The van der Waals surface area contributed by atoms with Crippen molar-refractivity contribution >= 4 is 15.7 Å². The summed E-state index contributed by atoms with van der Waals surface area (Å²) in [5.41, 5.74) is 4.29. The fourth-order valence-corrected chi connectivity index (χ4v) is 6.74. The Bertz CT molecular complexity index is 1180. The van der Waals surface area contributed by atoms with E-state index in [1.807, 2.05) is 43.3 Å². The van der Waals surface area contributed by atoms with Gasteiger partial charge in [-0.3, -0.25) is 4.31 Å². The third kappa shape index (κ3) is 3.96. The molecule has 0 amide bonds. The zero-order valence-corrected chi connectivity index (χ0v) is 19.2. The molecule has 5 rings (SSSR count). The van der Waals surface area contributed by atoms with Crippen LogP contribution in [-0.4, -0.2) is 27.7 Å². The molecule has 0 aliphatic carbocycles. The number of ether oxygens (including phenoxy) is 1. The van der Waals surface area contributed by atoms with Crippen LogP contribution in [0.4, 0.5) is 5.69 Å². The zero-order valence-electron chi connectivity index (χ0n) is 18.4. The molecule has 1 saturated heterocycles. The molecule has 4 nitrogen and oxygen atoms in total. The fraction of sp³-hybridized carbons (Fsp3) is 0.333. The maximum absolute atomic E-state index is 13.7. The summed E-state index contributed by atoms with van der Waals surface area (Å²) in [7, 11) is -3.66. The molecule has 166 valence electrons. The van der Waals surface area contributed by atoms with Crippen molar-refractivity contribution < 1.29 is 13.2 Å². The summed E-state index contributed by atoms with van der Waals surface area (Å²) in [6.07, 6.45) is 2.80. The number of rotatable bonds is 5. The lowest BCUT2D eigenvalue weighted by atomic mass is 9.74. The average Bonchev–Trinajstić information content (AvgIpc) is 2.83. The van der Waals surface area contributed by atoms with Crippen molar-refractivity contribution in [2.75, 3.05) is 17.5 Å². The minimum atomic E-state index is -3.66. The van der Waals surface area contributed by atoms with E-state index in [2.05, 4.69) is 30.3 Å². The molecule has 3 aromatic carbocycles. The number of anilines is 1. The van der Waals surface area contributed by atoms with Gasteiger partial charge in [-0.05, 0) is 61.4 Å². The van der Waals surface area contributed by atoms with Crippen molar-refractivity contribution in [3.8, 4) is 0 Å². The summed E-state index contributed by atoms with van der Waals surface area (Å²) in [6, 6.07) is 25.6. The van der Waals surface area contributed by atoms with E-state index in [0.29, 0.717) is 17.4 Å². The Hall–Kier alpha value is -2.63. The van der Waals surface area contributed by atoms with Gasteiger partial charge in [-0.2, -0.15) is 0 Å². The Morgan fingerprint density at radius 3 is 2.44 bits per heavy atom. The summed E-state index contributed by atoms with van der Waals surface area (Å²) < 4.78 is 35.3. The van der Waals surface area contributed by atoms with Crippen LogP contribution < -0.4 is 4.31 Å². The Balaban J connectivity index is 1.48. The second-order valence-electron chi connectivity index (χ2n) is 8.90. The van der Waals surface area contributed by atoms with Crippen LogP contribution >= 0.6 is 0 Å². The molecule has 1 fully saturated rings. The lowest BCUT2D eigenvalue weighted by molar-refractivity contribution is -0.0401. The van der Waals surface area contributed by atoms with Crippen LogP contribution in [-0.2, 0) is 21.2 Å². The summed E-state index contributed by atoms with van der Waals surface area (Å²) in [4.78, 5) is 0.342. The van der Waals surface area contributed by atoms with Crippen LogP contribution in [0.1, 0.15) is 35.4 Å². The van der Waals surface area contributed by atoms with Crippen molar-refractivity contribution in [1.29, 1.82) is 0 Å². The number of nitrogens with zero attached hydrogens (tertiary/aromatic N) is 1. The Kier molecular flexibility index (Phi) is 5.78. The first kappa shape index (κ1) is 21.2. The predicted octanol–water partition coefficient (Wildman–Crippen LogP) is 5.33. The predicted molar refractivity (Wildman–Crippen MR) is 128 cm³/mol. The number of para-hydroxylation sites is 1. The number of aryl methyl sites for hydroxylation is 2. The van der Waals surface area contributed by atoms with Gasteiger partial charge in [-0.1, -0.05) is 66.2 Å². The molecular formula is C27H29NO3S. The van der Waals surface area contributed by atoms with E-state index >= 15 is 0 Å². The summed E-state index contributed by atoms with van der Waals surface area (Å²) in [5, 5.41) is 0. The molecule has 0 N–H and O–H groups in total. The van der Waals surface area contributed by atoms with Gasteiger partial charge in [0, 0.05) is 19.1 Å². The molecule has 5 heteroatoms. The molecule has 0 bridgehead atoms. The van der Waals surface area contributed by atoms with Crippen LogP contribution in [0.5, 0.6) is 0 Å². The van der Waals surface area contributed by atoms with Crippen LogP contribution in [0.15, 0.2) is 83.8 Å². The Morgan fingerprint density at radius 1 is 0.938 bits per heavy atom. The van der Waals surface area contributed by atoms with Crippen molar-refractivity contribution in [3.63, 3.8) is 0 Å². The number of hydrogen-bond acceptors (Lipinski definition) is 3. The van der Waals surface area contributed by atoms with Crippen LogP contribution in [0.25, 0.3) is 0 Å². The third-order valence-corrected chi connectivity index (χ3v) is 8.70. The highest BCUT2D eigenvalue weighted by Crippen LogP contribution is 2.47. The first-order valence-electron chi connectivity index (χ1n) is 11.4. The van der Waals surface area contributed by atoms with E-state index in [9.17, 15) is 8.42 Å². The summed E-state index contributed by atoms with van der Waals surface area (Å²) in [5.74, 6) is 0.466. The molecule has 2 heterocycles. The number of hydrogen-bond donors (Lipinski definition) is 0. The minimum absolute atomic E-state index is 0.0398. The lowest BCUT2D eigenvalue weighted by Crippen LogP contribution is -2.48. The van der Waals surface area contributed by atoms with E-state index in [1.165, 1.54) is 5.56 Å². The van der Waals surface area contributed by atoms with Gasteiger partial charge in [0.2, 0.25) is 0 Å². The maximum atomic E-state index is 13.7. The van der Waals surface area contributed by atoms with Gasteiger partial charge in [-0.25, -0.2) is 8.42 Å². The highest BCUT2D eigenvalue weighted by molar-refractivity contribution is 7.92. The van der Waals surface area contributed by atoms with Crippen molar-refractivity contribution in [3.05, 3.63) is 95.6 Å². The standard InChI is InChI=1S/C27H29NO3S/c1-20-11-14-22(15-12-20)32(29,30)28-19-25-23(24-9-5-6-10-26(24)28)17-18-31-27(25)16-13-21-7-3-2-4-8-21/h2-12,14-15,23,25,27H,13,16-19H2,1H3. The number of benzene rings is 3. The van der Waals surface area contributed by atoms with Gasteiger partial charge < -0.3 is 4.74 Å². The topological polar surface area (TPSA) is 46.6 Å². The summed E-state index contributed by atoms with van der Waals surface area (Å²) >= 11 is 0. The minimum Gasteiger partial charge on any atom is -0.378 e. The lowest BCUT2D eigenvalue weighted by Gasteiger charge is -2.46. The van der Waals surface area contributed by atoms with Crippen LogP contribution in [0, 0.1) is 12.8 Å². The molecule has 3 atom stereocenters. The number of fused-ring (bicyclic) bond motifs is 3. The average molecular weight is 448 g/mol. The van der Waals surface area contributed by atoms with Gasteiger partial charge in [0.25, 0.3) is 10.0 Å². The van der Waals surface area contributed by atoms with Crippen LogP contribution in [0.3, 0.4) is 0 Å². The van der Waals surface area contributed by atoms with E-state index < -0.39 is 10.0 Å². The van der Waals surface area contributed by atoms with Gasteiger partial charge in [0.05, 0.1) is 16.7 Å². The molecule has 2 aliphatic rings. The SMILES string of the molecule is Cc1ccc(S(=O)(=O)N2CC3C(CCc4ccccc4)OCCC3c3ccccc32)cc1. The van der Waals surface area contributed by atoms with Gasteiger partial charge in [0.1, 0.15) is 0 Å². The van der Waals surface area contributed by atoms with E-state index in [4.69, 9.17) is 4.74 Å². The van der Waals surface area contributed by atoms with Crippen LogP contribution in [0.2, 0.25) is 0 Å². The second kappa shape index (κ2) is 8.72. The second-order valence-corrected chi connectivity index (χ2v) is 10.8. The first-order chi connectivity index (χ1) is 15.5. The van der Waals surface area contributed by atoms with Crippen molar-refractivity contribution in [1.82, 2.24) is 0 Å². The Labute approximate surface area is 190 Å². The maximum Gasteiger partial charge on any atom is 0.264 e. The molecule has 2 aliphatic heterocycles. The molecule has 3 aromatic rings. The molecule has 3 unspecified atom stereocenters. The van der Waals surface area contributed by atoms with Gasteiger partial charge in [0.15, 0.2) is 0 Å². The number of sulfonamides is 1. The molecule has 32 heavy (non-hydrogen) atoms. The van der Waals surface area contributed by atoms with E-state index in [0.717, 1.165) is 42.7 Å². The van der Waals surface area contributed by atoms with Crippen molar-refractivity contribution in [2.45, 2.75) is 43.1 Å². The van der Waals surface area contributed by atoms with Gasteiger partial charge in [-0.15, -0.1) is 0 Å². The highest BCUT2D eigenvalue weighted by atomic mass is 32.2. The molecule has 0 saturated carbocycles. The third-order valence-electron chi connectivity index (χ3n) is 6.91. The van der Waals surface area contributed by atoms with E-state index in [-0.39, 0.29) is 12.0 Å². The van der Waals surface area contributed by atoms with E-state index in [1.54, 1.807) is 16.4 Å². The monoisotopic (exact) mass is 447 g/mol. The highest BCUT2D eigenvalue weighted by Gasteiger charge is 2.44. The molecular weight excluding hydrogens is 418 g/mol. The van der Waals surface area contributed by atoms with Gasteiger partial charge >= 0.3 is 0 Å². The summed E-state index contributed by atoms with van der Waals surface area (Å²) in [6.45, 7) is 3.14. The normalized spacial score (nSPS) is 22.8. The first-order valence-corrected chi connectivity index (χ1v) is 12.8. The fourth-order valence-electron chi connectivity index (χ4n) is 5.21. The molecule has 0 spiro atoms.